The van der Waals surface area contributed by atoms with Gasteiger partial charge in [0.1, 0.15) is 17.1 Å². The summed E-state index contributed by atoms with van der Waals surface area (Å²) in [6, 6.07) is 7.44. The third-order valence-electron chi connectivity index (χ3n) is 4.44. The SMILES string of the molecule is COc1ccc(OC)c(N2C(=O)NC(=O)/C(=C\c3ccc(OC)c([N+](=O)[O-])c3)C2=O)c1. The Morgan fingerprint density at radius 1 is 0.968 bits per heavy atom. The van der Waals surface area contributed by atoms with Crippen LogP contribution in [0.25, 0.3) is 6.08 Å². The number of barbiturate groups is 1. The van der Waals surface area contributed by atoms with E-state index in [-0.39, 0.29) is 28.4 Å². The molecule has 0 unspecified atom stereocenters. The van der Waals surface area contributed by atoms with Crippen molar-refractivity contribution in [3.8, 4) is 17.2 Å². The van der Waals surface area contributed by atoms with Gasteiger partial charge in [-0.2, -0.15) is 0 Å². The number of rotatable bonds is 6. The minimum Gasteiger partial charge on any atom is -0.497 e. The zero-order chi connectivity index (χ0) is 22.7. The maximum absolute atomic E-state index is 13.1. The van der Waals surface area contributed by atoms with E-state index in [0.717, 1.165) is 17.0 Å². The monoisotopic (exact) mass is 427 g/mol. The Morgan fingerprint density at radius 3 is 2.26 bits per heavy atom. The molecule has 3 rings (SSSR count). The predicted molar refractivity (Wildman–Crippen MR) is 108 cm³/mol. The summed E-state index contributed by atoms with van der Waals surface area (Å²) in [4.78, 5) is 49.2. The number of benzene rings is 2. The number of carbonyl (C=O) groups excluding carboxylic acids is 3. The maximum Gasteiger partial charge on any atom is 0.336 e. The molecule has 11 heteroatoms. The smallest absolute Gasteiger partial charge is 0.336 e. The van der Waals surface area contributed by atoms with E-state index in [1.165, 1.54) is 45.6 Å². The van der Waals surface area contributed by atoms with Crippen LogP contribution in [-0.4, -0.2) is 44.1 Å². The van der Waals surface area contributed by atoms with Crippen molar-refractivity contribution in [3.63, 3.8) is 0 Å². The molecule has 1 heterocycles. The Kier molecular flexibility index (Phi) is 5.86. The molecule has 2 aromatic carbocycles. The summed E-state index contributed by atoms with van der Waals surface area (Å²) in [5.74, 6) is -1.31. The molecule has 1 fully saturated rings. The van der Waals surface area contributed by atoms with Crippen LogP contribution in [0.15, 0.2) is 42.0 Å². The standard InChI is InChI=1S/C20H17N3O8/c1-29-12-5-7-16(30-2)14(10-12)22-19(25)13(18(24)21-20(22)26)8-11-4-6-17(31-3)15(9-11)23(27)28/h4-10H,1-3H3,(H,21,24,26)/b13-8+. The van der Waals surface area contributed by atoms with Crippen LogP contribution >= 0.6 is 0 Å². The molecular formula is C20H17N3O8. The molecule has 1 aliphatic heterocycles. The lowest BCUT2D eigenvalue weighted by molar-refractivity contribution is -0.385. The summed E-state index contributed by atoms with van der Waals surface area (Å²) in [6.45, 7) is 0. The highest BCUT2D eigenvalue weighted by atomic mass is 16.6. The molecular weight excluding hydrogens is 410 g/mol. The summed E-state index contributed by atoms with van der Waals surface area (Å²) in [5, 5.41) is 13.3. The number of carbonyl (C=O) groups is 3. The van der Waals surface area contributed by atoms with Gasteiger partial charge in [0.2, 0.25) is 0 Å². The number of anilines is 1. The Labute approximate surface area is 176 Å². The van der Waals surface area contributed by atoms with E-state index in [9.17, 15) is 24.5 Å². The van der Waals surface area contributed by atoms with Gasteiger partial charge in [-0.05, 0) is 29.8 Å². The molecule has 2 aromatic rings. The third kappa shape index (κ3) is 4.01. The van der Waals surface area contributed by atoms with Crippen LogP contribution in [0, 0.1) is 10.1 Å². The number of nitro benzene ring substituents is 1. The van der Waals surface area contributed by atoms with Gasteiger partial charge in [0, 0.05) is 12.1 Å². The number of nitrogens with one attached hydrogen (secondary N) is 1. The van der Waals surface area contributed by atoms with Gasteiger partial charge < -0.3 is 14.2 Å². The summed E-state index contributed by atoms with van der Waals surface area (Å²) in [7, 11) is 4.05. The highest BCUT2D eigenvalue weighted by Gasteiger charge is 2.38. The summed E-state index contributed by atoms with van der Waals surface area (Å²) >= 11 is 0. The summed E-state index contributed by atoms with van der Waals surface area (Å²) in [6.07, 6.45) is 1.15. The highest BCUT2D eigenvalue weighted by molar-refractivity contribution is 6.39. The zero-order valence-corrected chi connectivity index (χ0v) is 16.7. The molecule has 1 aliphatic rings. The minimum atomic E-state index is -0.973. The number of nitrogens with zero attached hydrogens (tertiary/aromatic N) is 2. The van der Waals surface area contributed by atoms with E-state index in [1.807, 2.05) is 0 Å². The lowest BCUT2D eigenvalue weighted by Gasteiger charge is -2.27. The van der Waals surface area contributed by atoms with Crippen molar-refractivity contribution >= 4 is 35.3 Å². The normalized spacial score (nSPS) is 15.0. The number of imide groups is 2. The van der Waals surface area contributed by atoms with E-state index in [1.54, 1.807) is 6.07 Å². The molecule has 0 saturated carbocycles. The van der Waals surface area contributed by atoms with Crippen molar-refractivity contribution < 1.29 is 33.5 Å². The third-order valence-corrected chi connectivity index (χ3v) is 4.44. The quantitative estimate of drug-likeness (QED) is 0.321. The van der Waals surface area contributed by atoms with Gasteiger partial charge in [0.25, 0.3) is 11.8 Å². The first kappa shape index (κ1) is 21.3. The van der Waals surface area contributed by atoms with E-state index >= 15 is 0 Å². The van der Waals surface area contributed by atoms with Gasteiger partial charge in [-0.25, -0.2) is 9.69 Å². The fourth-order valence-corrected chi connectivity index (χ4v) is 2.95. The van der Waals surface area contributed by atoms with Gasteiger partial charge in [0.05, 0.1) is 31.9 Å². The van der Waals surface area contributed by atoms with Crippen LogP contribution < -0.4 is 24.4 Å². The lowest BCUT2D eigenvalue weighted by Crippen LogP contribution is -2.54. The Balaban J connectivity index is 2.09. The molecule has 11 nitrogen and oxygen atoms in total. The van der Waals surface area contributed by atoms with Crippen LogP contribution in [0.1, 0.15) is 5.56 Å². The second kappa shape index (κ2) is 8.53. The number of hydrogen-bond acceptors (Lipinski definition) is 8. The van der Waals surface area contributed by atoms with Gasteiger partial charge >= 0.3 is 11.7 Å². The van der Waals surface area contributed by atoms with Gasteiger partial charge in [-0.1, -0.05) is 6.07 Å². The molecule has 0 spiro atoms. The molecule has 0 radical (unpaired) electrons. The molecule has 4 amide bonds. The first-order chi connectivity index (χ1) is 14.8. The van der Waals surface area contributed by atoms with Crippen molar-refractivity contribution in [1.29, 1.82) is 0 Å². The molecule has 0 aromatic heterocycles. The van der Waals surface area contributed by atoms with Crippen molar-refractivity contribution in [1.82, 2.24) is 5.32 Å². The molecule has 0 atom stereocenters. The summed E-state index contributed by atoms with van der Waals surface area (Å²) in [5.41, 5.74) is -0.492. The second-order valence-electron chi connectivity index (χ2n) is 6.18. The van der Waals surface area contributed by atoms with E-state index in [4.69, 9.17) is 14.2 Å². The van der Waals surface area contributed by atoms with E-state index < -0.39 is 28.3 Å². The van der Waals surface area contributed by atoms with Crippen LogP contribution in [0.3, 0.4) is 0 Å². The molecule has 1 N–H and O–H groups in total. The zero-order valence-electron chi connectivity index (χ0n) is 16.7. The average molecular weight is 427 g/mol. The minimum absolute atomic E-state index is 0.0180. The fraction of sp³-hybridized carbons (Fsp3) is 0.150. The van der Waals surface area contributed by atoms with Crippen molar-refractivity contribution in [2.24, 2.45) is 0 Å². The van der Waals surface area contributed by atoms with Gasteiger partial charge in [-0.15, -0.1) is 0 Å². The number of hydrogen-bond donors (Lipinski definition) is 1. The van der Waals surface area contributed by atoms with E-state index in [2.05, 4.69) is 5.32 Å². The average Bonchev–Trinajstić information content (AvgIpc) is 2.76. The van der Waals surface area contributed by atoms with Gasteiger partial charge in [0.15, 0.2) is 5.75 Å². The highest BCUT2D eigenvalue weighted by Crippen LogP contribution is 2.35. The number of methoxy groups -OCH3 is 3. The van der Waals surface area contributed by atoms with Crippen molar-refractivity contribution in [2.45, 2.75) is 0 Å². The van der Waals surface area contributed by atoms with Crippen LogP contribution in [0.5, 0.6) is 17.2 Å². The predicted octanol–water partition coefficient (Wildman–Crippen LogP) is 2.29. The number of amides is 4. The molecule has 160 valence electrons. The number of nitro groups is 1. The molecule has 31 heavy (non-hydrogen) atoms. The van der Waals surface area contributed by atoms with Crippen LogP contribution in [0.4, 0.5) is 16.2 Å². The van der Waals surface area contributed by atoms with E-state index in [0.29, 0.717) is 5.75 Å². The van der Waals surface area contributed by atoms with Gasteiger partial charge in [-0.3, -0.25) is 25.0 Å². The van der Waals surface area contributed by atoms with Crippen LogP contribution in [0.2, 0.25) is 0 Å². The molecule has 0 bridgehead atoms. The largest absolute Gasteiger partial charge is 0.497 e. The number of urea groups is 1. The van der Waals surface area contributed by atoms with Crippen molar-refractivity contribution in [2.75, 3.05) is 26.2 Å². The second-order valence-corrected chi connectivity index (χ2v) is 6.18. The maximum atomic E-state index is 13.1. The molecule has 1 saturated heterocycles. The molecule has 0 aliphatic carbocycles. The lowest BCUT2D eigenvalue weighted by atomic mass is 10.1. The Bertz CT molecular complexity index is 1130. The number of ether oxygens (including phenoxy) is 3. The van der Waals surface area contributed by atoms with Crippen molar-refractivity contribution in [3.05, 3.63) is 57.6 Å². The summed E-state index contributed by atoms with van der Waals surface area (Å²) < 4.78 is 15.3. The Morgan fingerprint density at radius 2 is 1.65 bits per heavy atom. The fourth-order valence-electron chi connectivity index (χ4n) is 2.95. The first-order valence-electron chi connectivity index (χ1n) is 8.76. The first-order valence-corrected chi connectivity index (χ1v) is 8.76. The Hall–Kier alpha value is -4.41. The topological polar surface area (TPSA) is 137 Å². The van der Waals surface area contributed by atoms with Crippen LogP contribution in [-0.2, 0) is 9.59 Å².